The predicted octanol–water partition coefficient (Wildman–Crippen LogP) is -1.71. The van der Waals surface area contributed by atoms with E-state index in [4.69, 9.17) is 5.11 Å². The fourth-order valence-corrected chi connectivity index (χ4v) is 1.48. The molecule has 0 fully saturated rings. The van der Waals surface area contributed by atoms with Gasteiger partial charge in [-0.05, 0) is 10.6 Å². The van der Waals surface area contributed by atoms with E-state index in [1.54, 1.807) is 4.90 Å². The molecule has 0 amide bonds. The number of halogens is 1. The first kappa shape index (κ1) is 12.7. The molecule has 1 N–H and O–H groups in total. The molecule has 84 valence electrons. The van der Waals surface area contributed by atoms with E-state index in [0.29, 0.717) is 6.54 Å². The van der Waals surface area contributed by atoms with Gasteiger partial charge in [-0.1, -0.05) is 30.3 Å². The van der Waals surface area contributed by atoms with Gasteiger partial charge in [0.2, 0.25) is 5.70 Å². The Morgan fingerprint density at radius 3 is 2.69 bits per heavy atom. The topological polar surface area (TPSA) is 35.8 Å². The molecule has 1 aliphatic rings. The molecule has 0 radical (unpaired) electrons. The molecule has 3 nitrogen and oxygen atoms in total. The van der Waals surface area contributed by atoms with Gasteiger partial charge in [0.05, 0.1) is 19.6 Å². The van der Waals surface area contributed by atoms with Gasteiger partial charge in [-0.25, -0.2) is 0 Å². The van der Waals surface area contributed by atoms with Crippen molar-refractivity contribution in [3.05, 3.63) is 47.8 Å². The summed E-state index contributed by atoms with van der Waals surface area (Å²) >= 11 is 0. The number of hydrogen-bond acceptors (Lipinski definition) is 3. The third-order valence-corrected chi connectivity index (χ3v) is 2.20. The average molecular weight is 237 g/mol. The maximum Gasteiger partial charge on any atom is 0.255 e. The third kappa shape index (κ3) is 3.31. The van der Waals surface area contributed by atoms with Crippen LogP contribution in [0.3, 0.4) is 0 Å². The number of rotatable bonds is 4. The summed E-state index contributed by atoms with van der Waals surface area (Å²) in [7, 11) is 0. The fraction of sp³-hybridized carbons (Fsp3) is 0.250. The first-order valence-electron chi connectivity index (χ1n) is 4.97. The van der Waals surface area contributed by atoms with Gasteiger partial charge in [-0.15, -0.1) is 0 Å². The van der Waals surface area contributed by atoms with Crippen LogP contribution in [-0.4, -0.2) is 29.5 Å². The van der Waals surface area contributed by atoms with Crippen LogP contribution in [-0.2, 0) is 6.42 Å². The van der Waals surface area contributed by atoms with Crippen LogP contribution < -0.4 is 12.4 Å². The smallest absolute Gasteiger partial charge is 0.255 e. The Balaban J connectivity index is 0.00000128. The Kier molecular flexibility index (Phi) is 4.93. The Morgan fingerprint density at radius 2 is 2.00 bits per heavy atom. The highest BCUT2D eigenvalue weighted by Gasteiger charge is 2.18. The molecule has 1 heterocycles. The number of hydrogen-bond donors (Lipinski definition) is 1. The van der Waals surface area contributed by atoms with Gasteiger partial charge in [0.15, 0.2) is 6.20 Å². The molecule has 0 saturated carbocycles. The Bertz CT molecular complexity index is 376. The van der Waals surface area contributed by atoms with Gasteiger partial charge >= 0.3 is 0 Å². The molecule has 16 heavy (non-hydrogen) atoms. The van der Waals surface area contributed by atoms with Gasteiger partial charge in [0.1, 0.15) is 0 Å². The normalized spacial score (nSPS) is 13.1. The van der Waals surface area contributed by atoms with Crippen molar-refractivity contribution < 1.29 is 17.5 Å². The molecule has 4 heteroatoms. The second kappa shape index (κ2) is 6.23. The van der Waals surface area contributed by atoms with Crippen molar-refractivity contribution in [2.45, 2.75) is 6.42 Å². The highest BCUT2D eigenvalue weighted by molar-refractivity contribution is 5.62. The summed E-state index contributed by atoms with van der Waals surface area (Å²) in [4.78, 5) is 5.93. The lowest BCUT2D eigenvalue weighted by Gasteiger charge is -1.96. The van der Waals surface area contributed by atoms with Crippen molar-refractivity contribution in [1.82, 2.24) is 4.90 Å². The first-order chi connectivity index (χ1) is 7.38. The van der Waals surface area contributed by atoms with E-state index in [1.807, 2.05) is 24.4 Å². The predicted molar refractivity (Wildman–Crippen MR) is 59.5 cm³/mol. The summed E-state index contributed by atoms with van der Waals surface area (Å²) in [5.74, 6) is 0. The van der Waals surface area contributed by atoms with Gasteiger partial charge in [-0.2, -0.15) is 4.90 Å². The Labute approximate surface area is 102 Å². The quantitative estimate of drug-likeness (QED) is 0.632. The molecular formula is C12H13ClN2O. The maximum absolute atomic E-state index is 8.75. The fourth-order valence-electron chi connectivity index (χ4n) is 1.48. The molecule has 0 bridgehead atoms. The summed E-state index contributed by atoms with van der Waals surface area (Å²) in [6.07, 6.45) is 5.57. The lowest BCUT2D eigenvalue weighted by molar-refractivity contribution is -0.00000415. The molecule has 1 aromatic rings. The zero-order valence-corrected chi connectivity index (χ0v) is 9.56. The highest BCUT2D eigenvalue weighted by atomic mass is 35.5. The van der Waals surface area contributed by atoms with Crippen molar-refractivity contribution in [3.63, 3.8) is 0 Å². The number of aliphatic hydroxyl groups excluding tert-OH is 1. The zero-order chi connectivity index (χ0) is 10.5. The lowest BCUT2D eigenvalue weighted by atomic mass is 10.1. The number of aliphatic hydroxyl groups is 1. The number of β-amino-alcohol motifs (C(OH)–C–C–N with tert-alkyl or cyclic N) is 1. The number of nitrogens with zero attached hydrogens (tertiary/aromatic N) is 2. The van der Waals surface area contributed by atoms with E-state index in [1.165, 1.54) is 5.56 Å². The van der Waals surface area contributed by atoms with Crippen LogP contribution in [0.25, 0.3) is 0 Å². The van der Waals surface area contributed by atoms with Crippen molar-refractivity contribution >= 4 is 6.34 Å². The second-order valence-corrected chi connectivity index (χ2v) is 3.41. The average Bonchev–Trinajstić information content (AvgIpc) is 2.68. The molecule has 1 aliphatic heterocycles. The third-order valence-electron chi connectivity index (χ3n) is 2.20. The minimum Gasteiger partial charge on any atom is -1.00 e. The van der Waals surface area contributed by atoms with Crippen molar-refractivity contribution in [1.29, 1.82) is 0 Å². The van der Waals surface area contributed by atoms with Crippen LogP contribution in [0.4, 0.5) is 0 Å². The molecule has 0 aromatic heterocycles. The zero-order valence-electron chi connectivity index (χ0n) is 8.81. The van der Waals surface area contributed by atoms with Gasteiger partial charge in [0, 0.05) is 0 Å². The molecule has 0 unspecified atom stereocenters. The van der Waals surface area contributed by atoms with E-state index >= 15 is 0 Å². The standard InChI is InChI=1S/C12H13N2O.ClH/c15-7-6-14-9-12(13-10-14)8-11-4-2-1-3-5-11;/h1-5,9,15H,6-8H2;1H/q+1;/p-1. The van der Waals surface area contributed by atoms with Crippen molar-refractivity contribution in [2.75, 3.05) is 13.2 Å². The van der Waals surface area contributed by atoms with Crippen molar-refractivity contribution in [3.8, 4) is 0 Å². The van der Waals surface area contributed by atoms with Crippen LogP contribution in [0.1, 0.15) is 5.56 Å². The number of benzene rings is 1. The molecular weight excluding hydrogens is 224 g/mol. The van der Waals surface area contributed by atoms with Gasteiger partial charge < -0.3 is 17.5 Å². The van der Waals surface area contributed by atoms with Crippen LogP contribution >= 0.6 is 0 Å². The summed E-state index contributed by atoms with van der Waals surface area (Å²) in [6, 6.07) is 10.2. The monoisotopic (exact) mass is 236 g/mol. The minimum atomic E-state index is 0. The van der Waals surface area contributed by atoms with E-state index in [2.05, 4.69) is 23.5 Å². The molecule has 1 aromatic carbocycles. The molecule has 0 atom stereocenters. The van der Waals surface area contributed by atoms with Crippen LogP contribution in [0, 0.1) is 0 Å². The molecule has 0 aliphatic carbocycles. The Morgan fingerprint density at radius 1 is 1.25 bits per heavy atom. The lowest BCUT2D eigenvalue weighted by Crippen LogP contribution is -3.00. The Hall–Kier alpha value is -1.41. The van der Waals surface area contributed by atoms with E-state index < -0.39 is 0 Å². The van der Waals surface area contributed by atoms with E-state index in [9.17, 15) is 0 Å². The van der Waals surface area contributed by atoms with Gasteiger partial charge in [0.25, 0.3) is 6.34 Å². The number of aliphatic imine (C=N–C) groups is 1. The first-order valence-corrected chi connectivity index (χ1v) is 4.97. The molecule has 2 rings (SSSR count). The second-order valence-electron chi connectivity index (χ2n) is 3.41. The summed E-state index contributed by atoms with van der Waals surface area (Å²) < 4.78 is 0. The van der Waals surface area contributed by atoms with Crippen molar-refractivity contribution in [2.24, 2.45) is 4.99 Å². The maximum atomic E-state index is 8.75. The van der Waals surface area contributed by atoms with Crippen LogP contribution in [0.15, 0.2) is 47.2 Å². The largest absolute Gasteiger partial charge is 1.00 e. The summed E-state index contributed by atoms with van der Waals surface area (Å²) in [5, 5.41) is 8.75. The summed E-state index contributed by atoms with van der Waals surface area (Å²) in [6.45, 7) is 0.680. The van der Waals surface area contributed by atoms with E-state index in [-0.39, 0.29) is 19.0 Å². The SMILES string of the molecule is OCCN1[C+]=NC(Cc2ccccc2)=C1.[Cl-]. The van der Waals surface area contributed by atoms with Crippen LogP contribution in [0.5, 0.6) is 0 Å². The highest BCUT2D eigenvalue weighted by Crippen LogP contribution is 2.13. The van der Waals surface area contributed by atoms with Crippen LogP contribution in [0.2, 0.25) is 0 Å². The molecule has 0 saturated heterocycles. The molecule has 0 spiro atoms. The van der Waals surface area contributed by atoms with Gasteiger partial charge in [-0.3, -0.25) is 0 Å². The number of allylic oxidation sites excluding steroid dienone is 1. The van der Waals surface area contributed by atoms with E-state index in [0.717, 1.165) is 12.1 Å². The summed E-state index contributed by atoms with van der Waals surface area (Å²) in [5.41, 5.74) is 2.22. The minimum absolute atomic E-state index is 0.